The van der Waals surface area contributed by atoms with Gasteiger partial charge in [-0.25, -0.2) is 0 Å². The zero-order chi connectivity index (χ0) is 13.8. The molecule has 0 unspecified atom stereocenters. The van der Waals surface area contributed by atoms with Crippen molar-refractivity contribution < 1.29 is 5.11 Å². The van der Waals surface area contributed by atoms with Crippen molar-refractivity contribution in [3.63, 3.8) is 0 Å². The van der Waals surface area contributed by atoms with Crippen LogP contribution in [-0.4, -0.2) is 21.5 Å². The van der Waals surface area contributed by atoms with Crippen LogP contribution < -0.4 is 5.32 Å². The van der Waals surface area contributed by atoms with Crippen LogP contribution in [-0.2, 0) is 13.1 Å². The molecule has 4 nitrogen and oxygen atoms in total. The Labute approximate surface area is 125 Å². The summed E-state index contributed by atoms with van der Waals surface area (Å²) in [6.07, 6.45) is 3.57. The summed E-state index contributed by atoms with van der Waals surface area (Å²) in [6.45, 7) is 1.07. The molecular formula is C12H12Cl3N3O. The number of rotatable bonds is 5. The lowest BCUT2D eigenvalue weighted by molar-refractivity contribution is 0.269. The number of nitrogens with one attached hydrogen (secondary N) is 1. The first-order valence-electron chi connectivity index (χ1n) is 5.60. The van der Waals surface area contributed by atoms with E-state index in [1.165, 1.54) is 0 Å². The quantitative estimate of drug-likeness (QED) is 0.887. The second-order valence-electron chi connectivity index (χ2n) is 3.93. The number of hydrogen-bond acceptors (Lipinski definition) is 3. The highest BCUT2D eigenvalue weighted by Crippen LogP contribution is 2.33. The monoisotopic (exact) mass is 319 g/mol. The van der Waals surface area contributed by atoms with Gasteiger partial charge in [0.15, 0.2) is 0 Å². The van der Waals surface area contributed by atoms with E-state index in [1.54, 1.807) is 23.0 Å². The Hall–Kier alpha value is -0.940. The normalized spacial score (nSPS) is 10.7. The highest BCUT2D eigenvalue weighted by Gasteiger charge is 2.08. The summed E-state index contributed by atoms with van der Waals surface area (Å²) in [4.78, 5) is 0. The molecular weight excluding hydrogens is 309 g/mol. The van der Waals surface area contributed by atoms with Crippen LogP contribution in [0.1, 0.15) is 5.56 Å². The fourth-order valence-electron chi connectivity index (χ4n) is 1.62. The Balaban J connectivity index is 2.05. The molecule has 102 valence electrons. The molecule has 1 heterocycles. The summed E-state index contributed by atoms with van der Waals surface area (Å²) >= 11 is 18.0. The second-order valence-corrected chi connectivity index (χ2v) is 5.18. The number of hydrogen-bond donors (Lipinski definition) is 2. The van der Waals surface area contributed by atoms with Crippen LogP contribution in [0.25, 0.3) is 0 Å². The Morgan fingerprint density at radius 3 is 2.53 bits per heavy atom. The number of aliphatic hydroxyl groups excluding tert-OH is 1. The van der Waals surface area contributed by atoms with Gasteiger partial charge in [-0.2, -0.15) is 5.10 Å². The summed E-state index contributed by atoms with van der Waals surface area (Å²) in [6, 6.07) is 3.26. The highest BCUT2D eigenvalue weighted by molar-refractivity contribution is 6.41. The van der Waals surface area contributed by atoms with Crippen molar-refractivity contribution in [2.45, 2.75) is 13.1 Å². The first-order valence-corrected chi connectivity index (χ1v) is 6.74. The standard InChI is InChI=1S/C12H12Cl3N3O/c13-9-3-10(14)12(11(15)4-9)16-5-8-6-17-18(7-8)1-2-19/h3-4,6-7,16,19H,1-2,5H2. The number of halogens is 3. The molecule has 1 aromatic carbocycles. The molecule has 2 N–H and O–H groups in total. The molecule has 0 aliphatic heterocycles. The molecule has 0 amide bonds. The Kier molecular flexibility index (Phi) is 4.93. The van der Waals surface area contributed by atoms with E-state index >= 15 is 0 Å². The Morgan fingerprint density at radius 1 is 1.21 bits per heavy atom. The SMILES string of the molecule is OCCn1cc(CNc2c(Cl)cc(Cl)cc2Cl)cn1. The minimum Gasteiger partial charge on any atom is -0.394 e. The molecule has 0 bridgehead atoms. The Bertz CT molecular complexity index is 548. The van der Waals surface area contributed by atoms with Gasteiger partial charge >= 0.3 is 0 Å². The van der Waals surface area contributed by atoms with Gasteiger partial charge in [-0.05, 0) is 12.1 Å². The zero-order valence-electron chi connectivity index (χ0n) is 9.91. The maximum Gasteiger partial charge on any atom is 0.0722 e. The number of aromatic nitrogens is 2. The number of benzene rings is 1. The summed E-state index contributed by atoms with van der Waals surface area (Å²) in [5.41, 5.74) is 1.61. The van der Waals surface area contributed by atoms with Crippen molar-refractivity contribution in [3.8, 4) is 0 Å². The lowest BCUT2D eigenvalue weighted by atomic mass is 10.3. The van der Waals surface area contributed by atoms with Gasteiger partial charge in [0, 0.05) is 23.3 Å². The summed E-state index contributed by atoms with van der Waals surface area (Å²) < 4.78 is 1.67. The fourth-order valence-corrected chi connectivity index (χ4v) is 2.57. The van der Waals surface area contributed by atoms with Crippen molar-refractivity contribution in [3.05, 3.63) is 45.2 Å². The zero-order valence-corrected chi connectivity index (χ0v) is 12.2. The van der Waals surface area contributed by atoms with Gasteiger partial charge in [0.2, 0.25) is 0 Å². The lowest BCUT2D eigenvalue weighted by Crippen LogP contribution is -2.02. The van der Waals surface area contributed by atoms with E-state index in [9.17, 15) is 0 Å². The van der Waals surface area contributed by atoms with Gasteiger partial charge in [-0.3, -0.25) is 4.68 Å². The van der Waals surface area contributed by atoms with E-state index < -0.39 is 0 Å². The van der Waals surface area contributed by atoms with E-state index in [-0.39, 0.29) is 6.61 Å². The molecule has 1 aromatic heterocycles. The largest absolute Gasteiger partial charge is 0.394 e. The van der Waals surface area contributed by atoms with E-state index in [4.69, 9.17) is 39.9 Å². The van der Waals surface area contributed by atoms with Gasteiger partial charge in [0.05, 0.1) is 35.1 Å². The molecule has 0 saturated heterocycles. The van der Waals surface area contributed by atoms with Gasteiger partial charge in [0.25, 0.3) is 0 Å². The summed E-state index contributed by atoms with van der Waals surface area (Å²) in [5, 5.41) is 17.5. The van der Waals surface area contributed by atoms with Crippen molar-refractivity contribution in [2.24, 2.45) is 0 Å². The van der Waals surface area contributed by atoms with E-state index in [0.29, 0.717) is 33.8 Å². The third-order valence-electron chi connectivity index (χ3n) is 2.49. The first-order chi connectivity index (χ1) is 9.10. The molecule has 0 aliphatic carbocycles. The van der Waals surface area contributed by atoms with Gasteiger partial charge in [-0.1, -0.05) is 34.8 Å². The molecule has 0 spiro atoms. The average molecular weight is 321 g/mol. The second kappa shape index (κ2) is 6.48. The number of aliphatic hydroxyl groups is 1. The third-order valence-corrected chi connectivity index (χ3v) is 3.31. The molecule has 0 aliphatic rings. The number of anilines is 1. The van der Waals surface area contributed by atoms with Crippen LogP contribution in [0.5, 0.6) is 0 Å². The summed E-state index contributed by atoms with van der Waals surface area (Å²) in [5.74, 6) is 0. The molecule has 0 fully saturated rings. The topological polar surface area (TPSA) is 50.1 Å². The van der Waals surface area contributed by atoms with Crippen LogP contribution >= 0.6 is 34.8 Å². The van der Waals surface area contributed by atoms with Gasteiger partial charge in [0.1, 0.15) is 0 Å². The first kappa shape index (κ1) is 14.5. The van der Waals surface area contributed by atoms with Crippen LogP contribution in [0.2, 0.25) is 15.1 Å². The summed E-state index contributed by atoms with van der Waals surface area (Å²) in [7, 11) is 0. The maximum atomic E-state index is 8.81. The molecule has 2 aromatic rings. The molecule has 0 radical (unpaired) electrons. The van der Waals surface area contributed by atoms with Gasteiger partial charge in [-0.15, -0.1) is 0 Å². The molecule has 0 saturated carbocycles. The highest BCUT2D eigenvalue weighted by atomic mass is 35.5. The smallest absolute Gasteiger partial charge is 0.0722 e. The van der Waals surface area contributed by atoms with E-state index in [0.717, 1.165) is 5.56 Å². The number of nitrogens with zero attached hydrogens (tertiary/aromatic N) is 2. The minimum atomic E-state index is 0.0589. The van der Waals surface area contributed by atoms with Crippen LogP contribution in [0.3, 0.4) is 0 Å². The van der Waals surface area contributed by atoms with Crippen LogP contribution in [0.4, 0.5) is 5.69 Å². The fraction of sp³-hybridized carbons (Fsp3) is 0.250. The van der Waals surface area contributed by atoms with Crippen molar-refractivity contribution >= 4 is 40.5 Å². The van der Waals surface area contributed by atoms with Crippen molar-refractivity contribution in [1.29, 1.82) is 0 Å². The molecule has 19 heavy (non-hydrogen) atoms. The van der Waals surface area contributed by atoms with Gasteiger partial charge < -0.3 is 10.4 Å². The van der Waals surface area contributed by atoms with Crippen molar-refractivity contribution in [1.82, 2.24) is 9.78 Å². The maximum absolute atomic E-state index is 8.81. The molecule has 0 atom stereocenters. The molecule has 7 heteroatoms. The van der Waals surface area contributed by atoms with Crippen LogP contribution in [0.15, 0.2) is 24.5 Å². The van der Waals surface area contributed by atoms with E-state index in [2.05, 4.69) is 10.4 Å². The lowest BCUT2D eigenvalue weighted by Gasteiger charge is -2.09. The Morgan fingerprint density at radius 2 is 1.89 bits per heavy atom. The van der Waals surface area contributed by atoms with Crippen molar-refractivity contribution in [2.75, 3.05) is 11.9 Å². The average Bonchev–Trinajstić information content (AvgIpc) is 2.76. The predicted octanol–water partition coefficient (Wildman–Crippen LogP) is 3.45. The molecule has 2 rings (SSSR count). The third kappa shape index (κ3) is 3.76. The van der Waals surface area contributed by atoms with Crippen LogP contribution in [0, 0.1) is 0 Å². The van der Waals surface area contributed by atoms with E-state index in [1.807, 2.05) is 6.20 Å². The predicted molar refractivity (Wildman–Crippen MR) is 78.1 cm³/mol. The minimum absolute atomic E-state index is 0.0589.